The molecule has 0 aromatic heterocycles. The van der Waals surface area contributed by atoms with E-state index in [4.69, 9.17) is 11.8 Å². The summed E-state index contributed by atoms with van der Waals surface area (Å²) < 4.78 is 23.6. The second kappa shape index (κ2) is 5.21. The van der Waals surface area contributed by atoms with Crippen LogP contribution < -0.4 is 4.24 Å². The molecule has 61 valence electrons. The van der Waals surface area contributed by atoms with Crippen LogP contribution in [0.25, 0.3) is 0 Å². The molecule has 12 heavy (non-hydrogen) atoms. The first-order chi connectivity index (χ1) is 5.17. The van der Waals surface area contributed by atoms with Crippen LogP contribution in [-0.4, -0.2) is 38.0 Å². The zero-order chi connectivity index (χ0) is 8.32. The first kappa shape index (κ1) is 12.4. The van der Waals surface area contributed by atoms with Gasteiger partial charge in [0.25, 0.3) is 10.0 Å². The number of hydrogen-bond acceptors (Lipinski definition) is 2. The van der Waals surface area contributed by atoms with Crippen LogP contribution >= 0.6 is 11.8 Å². The average molecular weight is 215 g/mol. The molecule has 0 fully saturated rings. The summed E-state index contributed by atoms with van der Waals surface area (Å²) in [6.07, 6.45) is 0. The van der Waals surface area contributed by atoms with Crippen LogP contribution in [0.4, 0.5) is 0 Å². The molecule has 0 amide bonds. The van der Waals surface area contributed by atoms with Crippen molar-refractivity contribution in [2.75, 3.05) is 0 Å². The molecule has 0 atom stereocenters. The number of nitrogens with one attached hydrogen (secondary N) is 1. The quantitative estimate of drug-likeness (QED) is 0.583. The maximum absolute atomic E-state index is 11.0. The minimum atomic E-state index is -3.48. The van der Waals surface area contributed by atoms with E-state index in [1.807, 2.05) is 0 Å². The second-order valence-electron chi connectivity index (χ2n) is 1.89. The van der Waals surface area contributed by atoms with E-state index in [0.29, 0.717) is 0 Å². The average Bonchev–Trinajstić information content (AvgIpc) is 2.06. The molecular weight excluding hydrogens is 209 g/mol. The van der Waals surface area contributed by atoms with Crippen LogP contribution in [-0.2, 0) is 10.0 Å². The molecule has 0 saturated carbocycles. The van der Waals surface area contributed by atoms with E-state index in [1.165, 1.54) is 12.1 Å². The Morgan fingerprint density at radius 1 is 1.17 bits per heavy atom. The Balaban J connectivity index is 0.00000121. The van der Waals surface area contributed by atoms with E-state index in [2.05, 4.69) is 0 Å². The molecule has 0 aliphatic rings. The molecule has 1 N–H and O–H groups in total. The summed E-state index contributed by atoms with van der Waals surface area (Å²) in [5, 5.41) is 0. The Morgan fingerprint density at radius 2 is 1.67 bits per heavy atom. The van der Waals surface area contributed by atoms with Gasteiger partial charge >= 0.3 is 0 Å². The molecule has 0 aliphatic heterocycles. The minimum Gasteiger partial charge on any atom is -0.206 e. The summed E-state index contributed by atoms with van der Waals surface area (Å²) in [6, 6.07) is 7.91. The normalized spacial score (nSPS) is 10.4. The first-order valence-electron chi connectivity index (χ1n) is 2.84. The molecule has 0 aliphatic carbocycles. The smallest absolute Gasteiger partial charge is 0.206 e. The zero-order valence-corrected chi connectivity index (χ0v) is 10.1. The Labute approximate surface area is 98.6 Å². The fraction of sp³-hybridized carbons (Fsp3) is 0. The SMILES string of the molecule is O=S(=O)(NCl)c1ccccc1.[Na]. The Bertz CT molecular complexity index is 327. The summed E-state index contributed by atoms with van der Waals surface area (Å²) in [5.41, 5.74) is 0. The van der Waals surface area contributed by atoms with Gasteiger partial charge in [-0.1, -0.05) is 18.2 Å². The fourth-order valence-corrected chi connectivity index (χ4v) is 1.52. The number of hydrogen-bond donors (Lipinski definition) is 1. The van der Waals surface area contributed by atoms with Gasteiger partial charge < -0.3 is 0 Å². The van der Waals surface area contributed by atoms with Gasteiger partial charge in [-0.2, -0.15) is 0 Å². The summed E-state index contributed by atoms with van der Waals surface area (Å²) in [4.78, 5) is 0.162. The molecule has 0 heterocycles. The summed E-state index contributed by atoms with van der Waals surface area (Å²) >= 11 is 4.99. The second-order valence-corrected chi connectivity index (χ2v) is 3.99. The molecule has 1 aromatic rings. The van der Waals surface area contributed by atoms with Gasteiger partial charge in [-0.05, 0) is 23.9 Å². The predicted molar refractivity (Wildman–Crippen MR) is 48.4 cm³/mol. The summed E-state index contributed by atoms with van der Waals surface area (Å²) in [5.74, 6) is 0. The number of sulfonamides is 1. The molecule has 1 aromatic carbocycles. The van der Waals surface area contributed by atoms with Gasteiger partial charge in [0.1, 0.15) is 0 Å². The van der Waals surface area contributed by atoms with Crippen LogP contribution in [0.2, 0.25) is 0 Å². The molecule has 0 saturated heterocycles. The Kier molecular flexibility index (Phi) is 5.40. The Hall–Kier alpha value is 0.420. The maximum Gasteiger partial charge on any atom is 0.253 e. The van der Waals surface area contributed by atoms with Crippen molar-refractivity contribution in [2.24, 2.45) is 0 Å². The van der Waals surface area contributed by atoms with E-state index in [-0.39, 0.29) is 34.5 Å². The third kappa shape index (κ3) is 3.05. The minimum absolute atomic E-state index is 0. The standard InChI is InChI=1S/C6H6ClNO2S.Na/c7-8-11(9,10)6-4-2-1-3-5-6;/h1-5,8H;. The van der Waals surface area contributed by atoms with Gasteiger partial charge in [-0.3, -0.25) is 0 Å². The topological polar surface area (TPSA) is 46.2 Å². The van der Waals surface area contributed by atoms with Crippen LogP contribution in [0, 0.1) is 0 Å². The fourth-order valence-electron chi connectivity index (χ4n) is 0.644. The molecule has 1 radical (unpaired) electrons. The zero-order valence-electron chi connectivity index (χ0n) is 6.49. The molecular formula is C6H6ClNNaO2S. The molecule has 0 unspecified atom stereocenters. The van der Waals surface area contributed by atoms with E-state index in [0.717, 1.165) is 0 Å². The molecule has 6 heteroatoms. The molecule has 1 rings (SSSR count). The van der Waals surface area contributed by atoms with Gasteiger partial charge in [0, 0.05) is 29.6 Å². The third-order valence-corrected chi connectivity index (χ3v) is 2.86. The van der Waals surface area contributed by atoms with Crippen LogP contribution in [0.5, 0.6) is 0 Å². The van der Waals surface area contributed by atoms with Gasteiger partial charge in [-0.25, -0.2) is 8.42 Å². The molecule has 0 bridgehead atoms. The van der Waals surface area contributed by atoms with Crippen molar-refractivity contribution in [1.82, 2.24) is 4.24 Å². The van der Waals surface area contributed by atoms with E-state index >= 15 is 0 Å². The monoisotopic (exact) mass is 214 g/mol. The van der Waals surface area contributed by atoms with Gasteiger partial charge in [0.2, 0.25) is 0 Å². The number of halogens is 1. The van der Waals surface area contributed by atoms with Gasteiger partial charge in [0.15, 0.2) is 0 Å². The van der Waals surface area contributed by atoms with Crippen molar-refractivity contribution in [1.29, 1.82) is 0 Å². The van der Waals surface area contributed by atoms with Crippen molar-refractivity contribution in [3.05, 3.63) is 30.3 Å². The van der Waals surface area contributed by atoms with Gasteiger partial charge in [0.05, 0.1) is 4.90 Å². The van der Waals surface area contributed by atoms with E-state index in [1.54, 1.807) is 22.4 Å². The Morgan fingerprint density at radius 3 is 2.08 bits per heavy atom. The van der Waals surface area contributed by atoms with Crippen molar-refractivity contribution in [3.63, 3.8) is 0 Å². The van der Waals surface area contributed by atoms with Crippen molar-refractivity contribution in [2.45, 2.75) is 4.90 Å². The first-order valence-corrected chi connectivity index (χ1v) is 4.70. The number of rotatable bonds is 2. The third-order valence-electron chi connectivity index (χ3n) is 1.16. The van der Waals surface area contributed by atoms with Crippen LogP contribution in [0.3, 0.4) is 0 Å². The van der Waals surface area contributed by atoms with Crippen LogP contribution in [0.1, 0.15) is 0 Å². The van der Waals surface area contributed by atoms with E-state index in [9.17, 15) is 8.42 Å². The summed E-state index contributed by atoms with van der Waals surface area (Å²) in [7, 11) is -3.48. The van der Waals surface area contributed by atoms with Crippen molar-refractivity contribution < 1.29 is 8.42 Å². The predicted octanol–water partition coefficient (Wildman–Crippen LogP) is 0.738. The van der Waals surface area contributed by atoms with Crippen molar-refractivity contribution in [3.8, 4) is 0 Å². The van der Waals surface area contributed by atoms with Gasteiger partial charge in [-0.15, -0.1) is 4.24 Å². The van der Waals surface area contributed by atoms with Crippen molar-refractivity contribution >= 4 is 51.4 Å². The largest absolute Gasteiger partial charge is 0.253 e. The van der Waals surface area contributed by atoms with E-state index < -0.39 is 10.0 Å². The summed E-state index contributed by atoms with van der Waals surface area (Å²) in [6.45, 7) is 0. The number of benzene rings is 1. The van der Waals surface area contributed by atoms with Crippen LogP contribution in [0.15, 0.2) is 35.2 Å². The molecule has 3 nitrogen and oxygen atoms in total. The maximum atomic E-state index is 11.0. The molecule has 0 spiro atoms.